The van der Waals surface area contributed by atoms with Crippen molar-refractivity contribution in [3.8, 4) is 0 Å². The SMILES string of the molecule is CC1CCC(NC(=O)NCc2cn(C)nn2)(C(=O)O)CC1. The second-order valence-electron chi connectivity index (χ2n) is 5.76. The maximum atomic E-state index is 11.9. The van der Waals surface area contributed by atoms with Gasteiger partial charge in [-0.1, -0.05) is 12.1 Å². The first kappa shape index (κ1) is 15.3. The fraction of sp³-hybridized carbons (Fsp3) is 0.692. The minimum absolute atomic E-state index is 0.214. The highest BCUT2D eigenvalue weighted by Crippen LogP contribution is 2.32. The molecule has 1 fully saturated rings. The van der Waals surface area contributed by atoms with E-state index in [0.717, 1.165) is 12.8 Å². The molecule has 0 spiro atoms. The maximum absolute atomic E-state index is 11.9. The summed E-state index contributed by atoms with van der Waals surface area (Å²) in [4.78, 5) is 23.5. The Morgan fingerprint density at radius 3 is 2.67 bits per heavy atom. The fourth-order valence-corrected chi connectivity index (χ4v) is 2.56. The topological polar surface area (TPSA) is 109 Å². The van der Waals surface area contributed by atoms with E-state index < -0.39 is 17.5 Å². The van der Waals surface area contributed by atoms with E-state index in [0.29, 0.717) is 24.5 Å². The van der Waals surface area contributed by atoms with Gasteiger partial charge in [0.05, 0.1) is 6.54 Å². The van der Waals surface area contributed by atoms with Crippen LogP contribution in [-0.2, 0) is 18.4 Å². The van der Waals surface area contributed by atoms with Crippen molar-refractivity contribution in [2.75, 3.05) is 0 Å². The van der Waals surface area contributed by atoms with Gasteiger partial charge in [0.1, 0.15) is 11.2 Å². The molecule has 1 heterocycles. The second-order valence-corrected chi connectivity index (χ2v) is 5.76. The number of nitrogens with one attached hydrogen (secondary N) is 2. The number of amides is 2. The van der Waals surface area contributed by atoms with Crippen LogP contribution in [0.3, 0.4) is 0 Å². The number of carbonyl (C=O) groups excluding carboxylic acids is 1. The van der Waals surface area contributed by atoms with Crippen LogP contribution in [0.2, 0.25) is 0 Å². The summed E-state index contributed by atoms with van der Waals surface area (Å²) in [7, 11) is 1.74. The van der Waals surface area contributed by atoms with Crippen LogP contribution in [0.25, 0.3) is 0 Å². The molecule has 0 bridgehead atoms. The molecule has 0 radical (unpaired) electrons. The van der Waals surface area contributed by atoms with E-state index in [9.17, 15) is 14.7 Å². The summed E-state index contributed by atoms with van der Waals surface area (Å²) >= 11 is 0. The minimum Gasteiger partial charge on any atom is -0.480 e. The highest BCUT2D eigenvalue weighted by molar-refractivity contribution is 5.86. The predicted octanol–water partition coefficient (Wildman–Crippen LogP) is 0.648. The van der Waals surface area contributed by atoms with E-state index >= 15 is 0 Å². The lowest BCUT2D eigenvalue weighted by Gasteiger charge is -2.36. The molecule has 3 N–H and O–H groups in total. The van der Waals surface area contributed by atoms with Crippen molar-refractivity contribution in [3.63, 3.8) is 0 Å². The first-order valence-corrected chi connectivity index (χ1v) is 7.06. The van der Waals surface area contributed by atoms with Gasteiger partial charge >= 0.3 is 12.0 Å². The number of hydrogen-bond acceptors (Lipinski definition) is 4. The molecule has 2 rings (SSSR count). The third-order valence-electron chi connectivity index (χ3n) is 3.97. The first-order chi connectivity index (χ1) is 9.91. The number of hydrogen-bond donors (Lipinski definition) is 3. The third-order valence-corrected chi connectivity index (χ3v) is 3.97. The predicted molar refractivity (Wildman–Crippen MR) is 74.4 cm³/mol. The maximum Gasteiger partial charge on any atom is 0.329 e. The van der Waals surface area contributed by atoms with Gasteiger partial charge in [0.2, 0.25) is 0 Å². The molecule has 0 aliphatic heterocycles. The van der Waals surface area contributed by atoms with E-state index in [1.54, 1.807) is 13.2 Å². The fourth-order valence-electron chi connectivity index (χ4n) is 2.56. The number of aliphatic carboxylic acids is 1. The van der Waals surface area contributed by atoms with Crippen molar-refractivity contribution in [2.24, 2.45) is 13.0 Å². The molecule has 1 aliphatic carbocycles. The van der Waals surface area contributed by atoms with Gasteiger partial charge in [0.15, 0.2) is 0 Å². The van der Waals surface area contributed by atoms with E-state index in [4.69, 9.17) is 0 Å². The molecule has 0 unspecified atom stereocenters. The van der Waals surface area contributed by atoms with Gasteiger partial charge in [-0.15, -0.1) is 5.10 Å². The zero-order valence-electron chi connectivity index (χ0n) is 12.3. The molecule has 1 aromatic heterocycles. The van der Waals surface area contributed by atoms with Crippen LogP contribution in [0.15, 0.2) is 6.20 Å². The number of aryl methyl sites for hydroxylation is 1. The molecular formula is C13H21N5O3. The normalized spacial score (nSPS) is 25.3. The molecule has 2 amide bonds. The lowest BCUT2D eigenvalue weighted by molar-refractivity contribution is -0.146. The lowest BCUT2D eigenvalue weighted by Crippen LogP contribution is -2.58. The van der Waals surface area contributed by atoms with Crippen molar-refractivity contribution in [3.05, 3.63) is 11.9 Å². The summed E-state index contributed by atoms with van der Waals surface area (Å²) in [5, 5.41) is 22.3. The minimum atomic E-state index is -1.15. The summed E-state index contributed by atoms with van der Waals surface area (Å²) in [5.74, 6) is -0.467. The summed E-state index contributed by atoms with van der Waals surface area (Å²) in [5.41, 5.74) is -0.534. The Labute approximate surface area is 122 Å². The summed E-state index contributed by atoms with van der Waals surface area (Å²) in [6.07, 6.45) is 4.22. The number of carboxylic acids is 1. The average molecular weight is 295 g/mol. The Bertz CT molecular complexity index is 520. The molecule has 1 aromatic rings. The smallest absolute Gasteiger partial charge is 0.329 e. The summed E-state index contributed by atoms with van der Waals surface area (Å²) in [6, 6.07) is -0.488. The van der Waals surface area contributed by atoms with Gasteiger partial charge in [0.25, 0.3) is 0 Å². The summed E-state index contributed by atoms with van der Waals surface area (Å²) in [6.45, 7) is 2.31. The quantitative estimate of drug-likeness (QED) is 0.755. The molecule has 1 aliphatic rings. The van der Waals surface area contributed by atoms with Crippen LogP contribution >= 0.6 is 0 Å². The number of rotatable bonds is 4. The second kappa shape index (κ2) is 6.11. The van der Waals surface area contributed by atoms with Crippen LogP contribution in [0.4, 0.5) is 4.79 Å². The lowest BCUT2D eigenvalue weighted by atomic mass is 9.77. The molecule has 1 saturated carbocycles. The Morgan fingerprint density at radius 2 is 2.14 bits per heavy atom. The molecular weight excluding hydrogens is 274 g/mol. The van der Waals surface area contributed by atoms with Gasteiger partial charge < -0.3 is 15.7 Å². The standard InChI is InChI=1S/C13H21N5O3/c1-9-3-5-13(6-4-9,11(19)20)15-12(21)14-7-10-8-18(2)17-16-10/h8-9H,3-7H2,1-2H3,(H,19,20)(H2,14,15,21). The van der Waals surface area contributed by atoms with Crippen molar-refractivity contribution in [1.82, 2.24) is 25.6 Å². The Balaban J connectivity index is 1.91. The molecule has 0 saturated heterocycles. The van der Waals surface area contributed by atoms with Gasteiger partial charge in [-0.3, -0.25) is 4.68 Å². The molecule has 21 heavy (non-hydrogen) atoms. The number of aromatic nitrogens is 3. The van der Waals surface area contributed by atoms with Gasteiger partial charge in [-0.2, -0.15) is 0 Å². The number of carboxylic acid groups (broad SMARTS) is 1. The molecule has 116 valence electrons. The largest absolute Gasteiger partial charge is 0.480 e. The zero-order chi connectivity index (χ0) is 15.5. The van der Waals surface area contributed by atoms with Crippen LogP contribution in [0.5, 0.6) is 0 Å². The molecule has 0 atom stereocenters. The van der Waals surface area contributed by atoms with E-state index in [1.807, 2.05) is 0 Å². The Kier molecular flexibility index (Phi) is 4.44. The third kappa shape index (κ3) is 3.71. The number of nitrogens with zero attached hydrogens (tertiary/aromatic N) is 3. The summed E-state index contributed by atoms with van der Waals surface area (Å²) < 4.78 is 1.54. The van der Waals surface area contributed by atoms with Gasteiger partial charge in [-0.05, 0) is 31.6 Å². The highest BCUT2D eigenvalue weighted by Gasteiger charge is 2.42. The Morgan fingerprint density at radius 1 is 1.48 bits per heavy atom. The average Bonchev–Trinajstić information content (AvgIpc) is 2.85. The molecule has 0 aromatic carbocycles. The number of urea groups is 1. The highest BCUT2D eigenvalue weighted by atomic mass is 16.4. The molecule has 8 heteroatoms. The van der Waals surface area contributed by atoms with Crippen LogP contribution in [-0.4, -0.2) is 37.6 Å². The van der Waals surface area contributed by atoms with Crippen molar-refractivity contribution >= 4 is 12.0 Å². The van der Waals surface area contributed by atoms with Crippen molar-refractivity contribution < 1.29 is 14.7 Å². The van der Waals surface area contributed by atoms with Gasteiger partial charge in [0, 0.05) is 13.2 Å². The van der Waals surface area contributed by atoms with Gasteiger partial charge in [-0.25, -0.2) is 9.59 Å². The first-order valence-electron chi connectivity index (χ1n) is 7.06. The van der Waals surface area contributed by atoms with E-state index in [-0.39, 0.29) is 6.54 Å². The van der Waals surface area contributed by atoms with Crippen molar-refractivity contribution in [1.29, 1.82) is 0 Å². The number of carbonyl (C=O) groups is 2. The Hall–Kier alpha value is -2.12. The monoisotopic (exact) mass is 295 g/mol. The van der Waals surface area contributed by atoms with Crippen LogP contribution < -0.4 is 10.6 Å². The zero-order valence-corrected chi connectivity index (χ0v) is 12.3. The van der Waals surface area contributed by atoms with Crippen LogP contribution in [0.1, 0.15) is 38.3 Å². The van der Waals surface area contributed by atoms with E-state index in [1.165, 1.54) is 4.68 Å². The van der Waals surface area contributed by atoms with Crippen LogP contribution in [0, 0.1) is 5.92 Å². The van der Waals surface area contributed by atoms with Crippen molar-refractivity contribution in [2.45, 2.75) is 44.7 Å². The van der Waals surface area contributed by atoms with E-state index in [2.05, 4.69) is 27.9 Å². The molecule has 8 nitrogen and oxygen atoms in total.